The third kappa shape index (κ3) is 4.18. The van der Waals surface area contributed by atoms with Crippen LogP contribution in [0.15, 0.2) is 30.3 Å². The molecule has 0 unspecified atom stereocenters. The molecule has 2 N–H and O–H groups in total. The molecule has 0 radical (unpaired) electrons. The summed E-state index contributed by atoms with van der Waals surface area (Å²) in [6, 6.07) is 8.02. The standard InChI is InChI=1S/C17H21NO3/c1-2-13-4-6-14(7-5-13)8-9-15(19)18-17(10-3-11-17)12-16(20)21/h4-9H,2-3,10-12H2,1H3,(H,18,19)(H,20,21). The Morgan fingerprint density at radius 3 is 2.43 bits per heavy atom. The molecule has 0 spiro atoms. The second-order valence-electron chi connectivity index (χ2n) is 5.62. The van der Waals surface area contributed by atoms with E-state index in [-0.39, 0.29) is 12.3 Å². The van der Waals surface area contributed by atoms with Crippen molar-refractivity contribution in [2.45, 2.75) is 44.6 Å². The van der Waals surface area contributed by atoms with Crippen LogP contribution in [0, 0.1) is 0 Å². The Kier molecular flexibility index (Phi) is 4.78. The topological polar surface area (TPSA) is 66.4 Å². The number of aryl methyl sites for hydroxylation is 1. The molecule has 0 aliphatic heterocycles. The molecule has 1 aliphatic carbocycles. The maximum atomic E-state index is 11.9. The number of hydrogen-bond donors (Lipinski definition) is 2. The van der Waals surface area contributed by atoms with Crippen molar-refractivity contribution >= 4 is 18.0 Å². The Hall–Kier alpha value is -2.10. The predicted molar refractivity (Wildman–Crippen MR) is 81.8 cm³/mol. The van der Waals surface area contributed by atoms with E-state index in [0.717, 1.165) is 31.2 Å². The maximum Gasteiger partial charge on any atom is 0.305 e. The van der Waals surface area contributed by atoms with E-state index < -0.39 is 11.5 Å². The summed E-state index contributed by atoms with van der Waals surface area (Å²) in [6.45, 7) is 2.10. The van der Waals surface area contributed by atoms with Crippen molar-refractivity contribution in [2.24, 2.45) is 0 Å². The minimum atomic E-state index is -0.867. The molecule has 0 saturated heterocycles. The van der Waals surface area contributed by atoms with Crippen molar-refractivity contribution in [1.29, 1.82) is 0 Å². The van der Waals surface area contributed by atoms with E-state index in [9.17, 15) is 9.59 Å². The lowest BCUT2D eigenvalue weighted by Gasteiger charge is -2.41. The monoisotopic (exact) mass is 287 g/mol. The number of amides is 1. The number of carbonyl (C=O) groups excluding carboxylic acids is 1. The summed E-state index contributed by atoms with van der Waals surface area (Å²) in [6.07, 6.45) is 6.66. The first kappa shape index (κ1) is 15.3. The van der Waals surface area contributed by atoms with Crippen LogP contribution in [-0.2, 0) is 16.0 Å². The number of benzene rings is 1. The zero-order chi connectivity index (χ0) is 15.3. The van der Waals surface area contributed by atoms with Crippen molar-refractivity contribution < 1.29 is 14.7 Å². The molecule has 21 heavy (non-hydrogen) atoms. The van der Waals surface area contributed by atoms with Crippen LogP contribution in [-0.4, -0.2) is 22.5 Å². The summed E-state index contributed by atoms with van der Waals surface area (Å²) in [4.78, 5) is 22.8. The Balaban J connectivity index is 1.93. The summed E-state index contributed by atoms with van der Waals surface area (Å²) in [5, 5.41) is 11.8. The van der Waals surface area contributed by atoms with Crippen LogP contribution in [0.25, 0.3) is 6.08 Å². The molecule has 1 aromatic rings. The molecule has 2 rings (SSSR count). The second-order valence-corrected chi connectivity index (χ2v) is 5.62. The van der Waals surface area contributed by atoms with Crippen molar-refractivity contribution in [3.05, 3.63) is 41.5 Å². The average molecular weight is 287 g/mol. The van der Waals surface area contributed by atoms with Crippen LogP contribution < -0.4 is 5.32 Å². The largest absolute Gasteiger partial charge is 0.481 e. The van der Waals surface area contributed by atoms with Gasteiger partial charge in [-0.15, -0.1) is 0 Å². The number of carbonyl (C=O) groups is 2. The van der Waals surface area contributed by atoms with Crippen molar-refractivity contribution in [1.82, 2.24) is 5.32 Å². The number of nitrogens with one attached hydrogen (secondary N) is 1. The molecule has 4 nitrogen and oxygen atoms in total. The average Bonchev–Trinajstić information content (AvgIpc) is 2.43. The molecule has 0 atom stereocenters. The van der Waals surface area contributed by atoms with Gasteiger partial charge >= 0.3 is 5.97 Å². The highest BCUT2D eigenvalue weighted by molar-refractivity contribution is 5.92. The van der Waals surface area contributed by atoms with Gasteiger partial charge in [0.2, 0.25) is 5.91 Å². The van der Waals surface area contributed by atoms with E-state index in [1.807, 2.05) is 24.3 Å². The number of aliphatic carboxylic acids is 1. The van der Waals surface area contributed by atoms with E-state index in [2.05, 4.69) is 12.2 Å². The van der Waals surface area contributed by atoms with E-state index in [1.54, 1.807) is 6.08 Å². The van der Waals surface area contributed by atoms with E-state index in [0.29, 0.717) is 0 Å². The fourth-order valence-electron chi connectivity index (χ4n) is 2.58. The van der Waals surface area contributed by atoms with Gasteiger partial charge in [-0.05, 0) is 42.9 Å². The summed E-state index contributed by atoms with van der Waals surface area (Å²) in [5.41, 5.74) is 1.68. The Morgan fingerprint density at radius 2 is 1.95 bits per heavy atom. The first-order valence-corrected chi connectivity index (χ1v) is 7.34. The minimum absolute atomic E-state index is 0.00221. The zero-order valence-corrected chi connectivity index (χ0v) is 12.3. The van der Waals surface area contributed by atoms with E-state index in [1.165, 1.54) is 11.6 Å². The van der Waals surface area contributed by atoms with Crippen molar-refractivity contribution in [2.75, 3.05) is 0 Å². The highest BCUT2D eigenvalue weighted by Gasteiger charge is 2.39. The molecule has 4 heteroatoms. The molecule has 0 heterocycles. The van der Waals surface area contributed by atoms with Gasteiger partial charge < -0.3 is 10.4 Å². The third-order valence-corrected chi connectivity index (χ3v) is 4.00. The van der Waals surface area contributed by atoms with Gasteiger partial charge in [0.05, 0.1) is 12.0 Å². The second kappa shape index (κ2) is 6.57. The molecule has 1 aromatic carbocycles. The fraction of sp³-hybridized carbons (Fsp3) is 0.412. The van der Waals surface area contributed by atoms with Crippen LogP contribution in [0.5, 0.6) is 0 Å². The molecule has 1 saturated carbocycles. The van der Waals surface area contributed by atoms with Gasteiger partial charge in [-0.25, -0.2) is 0 Å². The Bertz CT molecular complexity index is 542. The van der Waals surface area contributed by atoms with Gasteiger partial charge in [-0.1, -0.05) is 31.2 Å². The van der Waals surface area contributed by atoms with Crippen molar-refractivity contribution in [3.8, 4) is 0 Å². The summed E-state index contributed by atoms with van der Waals surface area (Å²) in [5.74, 6) is -1.09. The molecular weight excluding hydrogens is 266 g/mol. The van der Waals surface area contributed by atoms with Crippen LogP contribution >= 0.6 is 0 Å². The lowest BCUT2D eigenvalue weighted by molar-refractivity contribution is -0.140. The van der Waals surface area contributed by atoms with Crippen LogP contribution in [0.1, 0.15) is 43.7 Å². The molecular formula is C17H21NO3. The first-order chi connectivity index (χ1) is 10.0. The summed E-state index contributed by atoms with van der Waals surface area (Å²) in [7, 11) is 0. The van der Waals surface area contributed by atoms with Crippen LogP contribution in [0.3, 0.4) is 0 Å². The SMILES string of the molecule is CCc1ccc(C=CC(=O)NC2(CC(=O)O)CCC2)cc1. The lowest BCUT2D eigenvalue weighted by Crippen LogP contribution is -2.54. The molecule has 0 bridgehead atoms. The third-order valence-electron chi connectivity index (χ3n) is 4.00. The highest BCUT2D eigenvalue weighted by Crippen LogP contribution is 2.34. The van der Waals surface area contributed by atoms with E-state index >= 15 is 0 Å². The minimum Gasteiger partial charge on any atom is -0.481 e. The van der Waals surface area contributed by atoms with Gasteiger partial charge in [0.15, 0.2) is 0 Å². The van der Waals surface area contributed by atoms with Crippen LogP contribution in [0.4, 0.5) is 0 Å². The predicted octanol–water partition coefficient (Wildman–Crippen LogP) is 2.78. The maximum absolute atomic E-state index is 11.9. The lowest BCUT2D eigenvalue weighted by atomic mass is 9.74. The van der Waals surface area contributed by atoms with Gasteiger partial charge in [-0.2, -0.15) is 0 Å². The number of rotatable bonds is 6. The fourth-order valence-corrected chi connectivity index (χ4v) is 2.58. The molecule has 1 fully saturated rings. The van der Waals surface area contributed by atoms with Gasteiger partial charge in [0, 0.05) is 6.08 Å². The smallest absolute Gasteiger partial charge is 0.305 e. The molecule has 0 aromatic heterocycles. The van der Waals surface area contributed by atoms with Gasteiger partial charge in [0.1, 0.15) is 0 Å². The number of hydrogen-bond acceptors (Lipinski definition) is 2. The quantitative estimate of drug-likeness (QED) is 0.791. The normalized spacial score (nSPS) is 16.4. The molecule has 1 amide bonds. The van der Waals surface area contributed by atoms with Crippen molar-refractivity contribution in [3.63, 3.8) is 0 Å². The highest BCUT2D eigenvalue weighted by atomic mass is 16.4. The van der Waals surface area contributed by atoms with Gasteiger partial charge in [0.25, 0.3) is 0 Å². The van der Waals surface area contributed by atoms with Gasteiger partial charge in [-0.3, -0.25) is 9.59 Å². The van der Waals surface area contributed by atoms with E-state index in [4.69, 9.17) is 5.11 Å². The Morgan fingerprint density at radius 1 is 1.29 bits per heavy atom. The molecule has 1 aliphatic rings. The van der Waals surface area contributed by atoms with Crippen LogP contribution in [0.2, 0.25) is 0 Å². The summed E-state index contributed by atoms with van der Waals surface area (Å²) < 4.78 is 0. The molecule has 112 valence electrons. The zero-order valence-electron chi connectivity index (χ0n) is 12.3. The number of carboxylic acids is 1. The first-order valence-electron chi connectivity index (χ1n) is 7.34. The number of carboxylic acid groups (broad SMARTS) is 1. The summed E-state index contributed by atoms with van der Waals surface area (Å²) >= 11 is 0. The Labute approximate surface area is 124 Å².